The summed E-state index contributed by atoms with van der Waals surface area (Å²) in [5, 5.41) is 2.92. The van der Waals surface area contributed by atoms with Gasteiger partial charge in [0.15, 0.2) is 0 Å². The smallest absolute Gasteiger partial charge is 0.263 e. The van der Waals surface area contributed by atoms with Crippen molar-refractivity contribution in [2.75, 3.05) is 33.4 Å². The van der Waals surface area contributed by atoms with Gasteiger partial charge in [-0.3, -0.25) is 9.59 Å². The molecule has 1 aliphatic heterocycles. The first-order valence-corrected chi connectivity index (χ1v) is 9.18. The summed E-state index contributed by atoms with van der Waals surface area (Å²) in [4.78, 5) is 28.8. The van der Waals surface area contributed by atoms with E-state index >= 15 is 0 Å². The molecule has 1 N–H and O–H groups in total. The molecule has 1 aromatic rings. The third-order valence-electron chi connectivity index (χ3n) is 4.66. The quantitative estimate of drug-likeness (QED) is 0.835. The van der Waals surface area contributed by atoms with Gasteiger partial charge in [0, 0.05) is 37.5 Å². The van der Waals surface area contributed by atoms with Gasteiger partial charge in [0.2, 0.25) is 5.91 Å². The molecule has 1 fully saturated rings. The normalized spacial score (nSPS) is 20.4. The highest BCUT2D eigenvalue weighted by atomic mass is 32.1. The molecule has 0 radical (unpaired) electrons. The number of nitrogens with one attached hydrogen (secondary N) is 1. The molecule has 0 spiro atoms. The Labute approximate surface area is 141 Å². The van der Waals surface area contributed by atoms with E-state index in [0.29, 0.717) is 13.2 Å². The molecule has 6 heteroatoms. The zero-order chi connectivity index (χ0) is 16.2. The van der Waals surface area contributed by atoms with Crippen LogP contribution in [0.4, 0.5) is 0 Å². The summed E-state index contributed by atoms with van der Waals surface area (Å²) >= 11 is 1.62. The number of likely N-dealkylation sites (tertiary alicyclic amines) is 1. The Morgan fingerprint density at radius 2 is 2.17 bits per heavy atom. The Hall–Kier alpha value is -1.40. The van der Waals surface area contributed by atoms with Crippen LogP contribution in [0.15, 0.2) is 6.07 Å². The monoisotopic (exact) mass is 336 g/mol. The molecule has 2 aliphatic rings. The van der Waals surface area contributed by atoms with Crippen molar-refractivity contribution in [2.24, 2.45) is 5.92 Å². The second kappa shape index (κ2) is 7.45. The average Bonchev–Trinajstić information content (AvgIpc) is 3.23. The number of hydrogen-bond acceptors (Lipinski definition) is 4. The van der Waals surface area contributed by atoms with Gasteiger partial charge < -0.3 is 15.0 Å². The van der Waals surface area contributed by atoms with Crippen molar-refractivity contribution in [1.29, 1.82) is 0 Å². The summed E-state index contributed by atoms with van der Waals surface area (Å²) < 4.78 is 4.96. The fraction of sp³-hybridized carbons (Fsp3) is 0.647. The molecule has 5 nitrogen and oxygen atoms in total. The molecular formula is C17H24N2O3S. The van der Waals surface area contributed by atoms with Crippen LogP contribution in [-0.4, -0.2) is 50.1 Å². The molecule has 3 rings (SSSR count). The maximum atomic E-state index is 12.5. The third kappa shape index (κ3) is 3.75. The number of amides is 2. The fourth-order valence-corrected chi connectivity index (χ4v) is 4.53. The minimum Gasteiger partial charge on any atom is -0.383 e. The number of ether oxygens (including phenoxy) is 1. The first kappa shape index (κ1) is 16.5. The average molecular weight is 336 g/mol. The molecule has 23 heavy (non-hydrogen) atoms. The minimum absolute atomic E-state index is 0.0173. The predicted molar refractivity (Wildman–Crippen MR) is 89.9 cm³/mol. The van der Waals surface area contributed by atoms with Crippen LogP contribution in [0.2, 0.25) is 0 Å². The Kier molecular flexibility index (Phi) is 5.33. The summed E-state index contributed by atoms with van der Waals surface area (Å²) in [6, 6.07) is 2.02. The van der Waals surface area contributed by atoms with Crippen LogP contribution in [0.3, 0.4) is 0 Å². The van der Waals surface area contributed by atoms with Crippen molar-refractivity contribution in [2.45, 2.75) is 32.1 Å². The van der Waals surface area contributed by atoms with Gasteiger partial charge in [-0.25, -0.2) is 0 Å². The number of rotatable bonds is 5. The maximum Gasteiger partial charge on any atom is 0.263 e. The van der Waals surface area contributed by atoms with E-state index < -0.39 is 0 Å². The summed E-state index contributed by atoms with van der Waals surface area (Å²) in [7, 11) is 1.63. The van der Waals surface area contributed by atoms with E-state index in [2.05, 4.69) is 5.32 Å². The minimum atomic E-state index is 0.0173. The van der Waals surface area contributed by atoms with Crippen molar-refractivity contribution < 1.29 is 14.3 Å². The molecule has 2 heterocycles. The van der Waals surface area contributed by atoms with Crippen LogP contribution in [0.1, 0.15) is 39.4 Å². The number of carbonyl (C=O) groups is 2. The number of nitrogens with zero attached hydrogens (tertiary/aromatic N) is 1. The van der Waals surface area contributed by atoms with Gasteiger partial charge in [-0.2, -0.15) is 0 Å². The van der Waals surface area contributed by atoms with Gasteiger partial charge in [0.1, 0.15) is 0 Å². The zero-order valence-electron chi connectivity index (χ0n) is 13.6. The van der Waals surface area contributed by atoms with E-state index in [1.165, 1.54) is 10.4 Å². The summed E-state index contributed by atoms with van der Waals surface area (Å²) in [5.74, 6) is 0.290. The molecule has 0 aromatic carbocycles. The van der Waals surface area contributed by atoms with Crippen molar-refractivity contribution in [3.8, 4) is 0 Å². The molecule has 1 aromatic heterocycles. The zero-order valence-corrected chi connectivity index (χ0v) is 14.4. The Morgan fingerprint density at radius 1 is 1.39 bits per heavy atom. The largest absolute Gasteiger partial charge is 0.383 e. The van der Waals surface area contributed by atoms with Gasteiger partial charge in [-0.1, -0.05) is 0 Å². The third-order valence-corrected chi connectivity index (χ3v) is 5.89. The van der Waals surface area contributed by atoms with Crippen LogP contribution < -0.4 is 5.32 Å². The summed E-state index contributed by atoms with van der Waals surface area (Å²) in [6.45, 7) is 2.86. The first-order valence-electron chi connectivity index (χ1n) is 8.36. The standard InChI is InChI=1S/C17H24N2O3S/c1-22-9-6-18-16(20)12-4-5-14-13(10-12)11-15(23-14)17(21)19-7-2-3-8-19/h11-12H,2-10H2,1H3,(H,18,20)/t12-/m0/s1. The number of methoxy groups -OCH3 is 1. The van der Waals surface area contributed by atoms with E-state index in [0.717, 1.165) is 50.1 Å². The first-order chi connectivity index (χ1) is 11.2. The number of aryl methyl sites for hydroxylation is 1. The number of carbonyl (C=O) groups excluding carboxylic acids is 2. The van der Waals surface area contributed by atoms with E-state index in [4.69, 9.17) is 4.74 Å². The van der Waals surface area contributed by atoms with Crippen LogP contribution in [0, 0.1) is 5.92 Å². The number of hydrogen-bond donors (Lipinski definition) is 1. The van der Waals surface area contributed by atoms with Crippen molar-refractivity contribution in [3.05, 3.63) is 21.4 Å². The number of thiophene rings is 1. The molecule has 2 amide bonds. The van der Waals surface area contributed by atoms with Gasteiger partial charge in [0.25, 0.3) is 5.91 Å². The second-order valence-corrected chi connectivity index (χ2v) is 7.42. The molecule has 0 saturated carbocycles. The number of fused-ring (bicyclic) bond motifs is 1. The Balaban J connectivity index is 1.62. The maximum absolute atomic E-state index is 12.5. The topological polar surface area (TPSA) is 58.6 Å². The van der Waals surface area contributed by atoms with Crippen LogP contribution in [-0.2, 0) is 22.4 Å². The van der Waals surface area contributed by atoms with Gasteiger partial charge in [0.05, 0.1) is 11.5 Å². The highest BCUT2D eigenvalue weighted by Gasteiger charge is 2.28. The lowest BCUT2D eigenvalue weighted by atomic mass is 9.88. The molecule has 1 aliphatic carbocycles. The van der Waals surface area contributed by atoms with Crippen LogP contribution in [0.25, 0.3) is 0 Å². The van der Waals surface area contributed by atoms with E-state index in [9.17, 15) is 9.59 Å². The molecule has 126 valence electrons. The van der Waals surface area contributed by atoms with Gasteiger partial charge in [-0.15, -0.1) is 11.3 Å². The Morgan fingerprint density at radius 3 is 2.91 bits per heavy atom. The van der Waals surface area contributed by atoms with Crippen LogP contribution in [0.5, 0.6) is 0 Å². The second-order valence-electron chi connectivity index (χ2n) is 6.28. The fourth-order valence-electron chi connectivity index (χ4n) is 3.35. The Bertz CT molecular complexity index is 578. The molecule has 1 saturated heterocycles. The van der Waals surface area contributed by atoms with Crippen molar-refractivity contribution >= 4 is 23.2 Å². The van der Waals surface area contributed by atoms with E-state index in [-0.39, 0.29) is 17.7 Å². The highest BCUT2D eigenvalue weighted by molar-refractivity contribution is 7.14. The SMILES string of the molecule is COCCNC(=O)[C@H]1CCc2sc(C(=O)N3CCCC3)cc2C1. The van der Waals surface area contributed by atoms with Gasteiger partial charge >= 0.3 is 0 Å². The van der Waals surface area contributed by atoms with Crippen LogP contribution >= 0.6 is 11.3 Å². The molecular weight excluding hydrogens is 312 g/mol. The summed E-state index contributed by atoms with van der Waals surface area (Å²) in [5.41, 5.74) is 1.19. The summed E-state index contributed by atoms with van der Waals surface area (Å²) in [6.07, 6.45) is 4.73. The predicted octanol–water partition coefficient (Wildman–Crippen LogP) is 1.85. The van der Waals surface area contributed by atoms with E-state index in [1.807, 2.05) is 11.0 Å². The highest BCUT2D eigenvalue weighted by Crippen LogP contribution is 2.33. The van der Waals surface area contributed by atoms with Crippen molar-refractivity contribution in [1.82, 2.24) is 10.2 Å². The lowest BCUT2D eigenvalue weighted by Crippen LogP contribution is -2.35. The lowest BCUT2D eigenvalue weighted by molar-refractivity contribution is -0.125. The molecule has 1 atom stereocenters. The molecule has 0 bridgehead atoms. The van der Waals surface area contributed by atoms with E-state index in [1.54, 1.807) is 18.4 Å². The lowest BCUT2D eigenvalue weighted by Gasteiger charge is -2.21. The van der Waals surface area contributed by atoms with Gasteiger partial charge in [-0.05, 0) is 43.7 Å². The van der Waals surface area contributed by atoms with Crippen molar-refractivity contribution in [3.63, 3.8) is 0 Å². The molecule has 0 unspecified atom stereocenters.